The molecule has 1 aromatic heterocycles. The van der Waals surface area contributed by atoms with Gasteiger partial charge < -0.3 is 9.47 Å². The van der Waals surface area contributed by atoms with Gasteiger partial charge >= 0.3 is 0 Å². The van der Waals surface area contributed by atoms with Crippen molar-refractivity contribution in [3.8, 4) is 0 Å². The summed E-state index contributed by atoms with van der Waals surface area (Å²) >= 11 is 6.35. The topological polar surface area (TPSA) is 25.2 Å². The van der Waals surface area contributed by atoms with Gasteiger partial charge in [-0.2, -0.15) is 0 Å². The predicted molar refractivity (Wildman–Crippen MR) is 76.7 cm³/mol. The van der Waals surface area contributed by atoms with Crippen molar-refractivity contribution in [2.24, 2.45) is 0 Å². The van der Waals surface area contributed by atoms with E-state index in [4.69, 9.17) is 11.6 Å². The van der Waals surface area contributed by atoms with Gasteiger partial charge in [0.2, 0.25) is 0 Å². The highest BCUT2D eigenvalue weighted by Crippen LogP contribution is 2.35. The minimum Gasteiger partial charge on any atom is -0.335 e. The van der Waals surface area contributed by atoms with E-state index in [1.807, 2.05) is 11.8 Å². The van der Waals surface area contributed by atoms with Gasteiger partial charge in [-0.05, 0) is 31.3 Å². The summed E-state index contributed by atoms with van der Waals surface area (Å²) < 4.78 is 14.5. The molecule has 0 radical (unpaired) electrons. The Morgan fingerprint density at radius 1 is 1.55 bits per heavy atom. The van der Waals surface area contributed by atoms with Gasteiger partial charge in [-0.1, -0.05) is 18.5 Å². The molecule has 5 heteroatoms. The summed E-state index contributed by atoms with van der Waals surface area (Å²) in [5.74, 6) is 0.0803. The van der Waals surface area contributed by atoms with Crippen LogP contribution in [0.4, 0.5) is 4.39 Å². The monoisotopic (exact) mass is 296 g/mol. The fourth-order valence-electron chi connectivity index (χ4n) is 2.78. The van der Waals surface area contributed by atoms with Crippen LogP contribution >= 0.6 is 11.6 Å². The fraction of sp³-hybridized carbons (Fsp3) is 0.533. The van der Waals surface area contributed by atoms with Crippen LogP contribution in [0.15, 0.2) is 18.1 Å². The maximum atomic E-state index is 12.7. The lowest BCUT2D eigenvalue weighted by molar-refractivity contribution is 0.0727. The van der Waals surface area contributed by atoms with Crippen molar-refractivity contribution < 1.29 is 9.18 Å². The second kappa shape index (κ2) is 5.24. The van der Waals surface area contributed by atoms with Crippen LogP contribution in [0.25, 0.3) is 0 Å². The number of carbonyl (C=O) groups excluding carboxylic acids is 1. The summed E-state index contributed by atoms with van der Waals surface area (Å²) in [6.07, 6.45) is 6.07. The molecule has 2 heterocycles. The molecule has 3 nitrogen and oxygen atoms in total. The predicted octanol–water partition coefficient (Wildman–Crippen LogP) is 3.57. The molecule has 1 aliphatic heterocycles. The summed E-state index contributed by atoms with van der Waals surface area (Å²) in [5, 5.41) is 0.580. The van der Waals surface area contributed by atoms with E-state index in [0.717, 1.165) is 31.4 Å². The highest BCUT2D eigenvalue weighted by Gasteiger charge is 2.37. The van der Waals surface area contributed by atoms with Crippen molar-refractivity contribution in [1.82, 2.24) is 9.47 Å². The van der Waals surface area contributed by atoms with Gasteiger partial charge in [-0.3, -0.25) is 4.79 Å². The van der Waals surface area contributed by atoms with Gasteiger partial charge in [0.25, 0.3) is 5.91 Å². The lowest BCUT2D eigenvalue weighted by Gasteiger charge is -2.26. The number of rotatable bonds is 4. The third kappa shape index (κ3) is 2.26. The molecule has 0 saturated heterocycles. The number of aromatic nitrogens is 1. The average Bonchev–Trinajstić information content (AvgIpc) is 3.24. The lowest BCUT2D eigenvalue weighted by atomic mass is 10.0. The number of hydrogen-bond donors (Lipinski definition) is 0. The molecule has 108 valence electrons. The summed E-state index contributed by atoms with van der Waals surface area (Å²) in [6, 6.07) is 0.426. The van der Waals surface area contributed by atoms with Crippen LogP contribution in [0.5, 0.6) is 0 Å². The van der Waals surface area contributed by atoms with Crippen molar-refractivity contribution in [3.05, 3.63) is 34.4 Å². The van der Waals surface area contributed by atoms with Crippen molar-refractivity contribution >= 4 is 17.5 Å². The molecule has 1 aromatic rings. The Labute approximate surface area is 123 Å². The first kappa shape index (κ1) is 13.7. The van der Waals surface area contributed by atoms with Crippen LogP contribution in [-0.2, 0) is 13.0 Å². The standard InChI is InChI=1S/C15H18ClFN2O/c1-2-10(7-17)8-18-9-13-12(14(18)16)5-6-19(15(13)20)11-3-4-11/h7,9,11H,2-6,8H2,1H3/b10-7+. The number of fused-ring (bicyclic) bond motifs is 1. The Balaban J connectivity index is 1.89. The number of nitrogens with zero attached hydrogens (tertiary/aromatic N) is 2. The molecule has 0 N–H and O–H groups in total. The molecular weight excluding hydrogens is 279 g/mol. The minimum atomic E-state index is 0.0803. The molecule has 1 amide bonds. The highest BCUT2D eigenvalue weighted by atomic mass is 35.5. The lowest BCUT2D eigenvalue weighted by Crippen LogP contribution is -2.38. The van der Waals surface area contributed by atoms with Crippen molar-refractivity contribution in [2.75, 3.05) is 6.54 Å². The number of carbonyl (C=O) groups is 1. The molecule has 0 unspecified atom stereocenters. The molecule has 1 fully saturated rings. The van der Waals surface area contributed by atoms with E-state index in [9.17, 15) is 9.18 Å². The number of hydrogen-bond acceptors (Lipinski definition) is 1. The number of amides is 1. The van der Waals surface area contributed by atoms with Gasteiger partial charge in [0.05, 0.1) is 11.9 Å². The summed E-state index contributed by atoms with van der Waals surface area (Å²) in [7, 11) is 0. The second-order valence-corrected chi connectivity index (χ2v) is 5.90. The summed E-state index contributed by atoms with van der Waals surface area (Å²) in [4.78, 5) is 14.4. The van der Waals surface area contributed by atoms with Crippen LogP contribution in [0.3, 0.4) is 0 Å². The van der Waals surface area contributed by atoms with E-state index < -0.39 is 0 Å². The molecular formula is C15H18ClFN2O. The third-order valence-corrected chi connectivity index (χ3v) is 4.62. The Morgan fingerprint density at radius 3 is 2.90 bits per heavy atom. The van der Waals surface area contributed by atoms with Crippen LogP contribution in [0.2, 0.25) is 5.15 Å². The largest absolute Gasteiger partial charge is 0.335 e. The number of allylic oxidation sites excluding steroid dienone is 1. The van der Waals surface area contributed by atoms with E-state index in [1.165, 1.54) is 0 Å². The molecule has 2 aliphatic rings. The van der Waals surface area contributed by atoms with E-state index in [-0.39, 0.29) is 5.91 Å². The van der Waals surface area contributed by atoms with E-state index >= 15 is 0 Å². The summed E-state index contributed by atoms with van der Waals surface area (Å²) in [6.45, 7) is 3.07. The molecule has 0 spiro atoms. The van der Waals surface area contributed by atoms with Crippen molar-refractivity contribution in [3.63, 3.8) is 0 Å². The Bertz CT molecular complexity index is 575. The zero-order valence-electron chi connectivity index (χ0n) is 11.5. The maximum Gasteiger partial charge on any atom is 0.255 e. The highest BCUT2D eigenvalue weighted by molar-refractivity contribution is 6.31. The van der Waals surface area contributed by atoms with E-state index in [2.05, 4.69) is 0 Å². The van der Waals surface area contributed by atoms with E-state index in [1.54, 1.807) is 10.8 Å². The molecule has 3 rings (SSSR count). The van der Waals surface area contributed by atoms with Crippen LogP contribution in [0, 0.1) is 0 Å². The van der Waals surface area contributed by atoms with Crippen LogP contribution in [-0.4, -0.2) is 28.0 Å². The SMILES string of the molecule is CC/C(=C\F)Cn1cc2c(c1Cl)CCN(C1CC1)C2=O. The zero-order valence-corrected chi connectivity index (χ0v) is 12.3. The normalized spacial score (nSPS) is 19.4. The average molecular weight is 297 g/mol. The molecule has 0 bridgehead atoms. The summed E-state index contributed by atoms with van der Waals surface area (Å²) in [5.41, 5.74) is 2.29. The van der Waals surface area contributed by atoms with E-state index in [0.29, 0.717) is 41.6 Å². The van der Waals surface area contributed by atoms with Gasteiger partial charge in [0.15, 0.2) is 0 Å². The second-order valence-electron chi connectivity index (χ2n) is 5.54. The van der Waals surface area contributed by atoms with Gasteiger partial charge in [0, 0.05) is 30.9 Å². The quantitative estimate of drug-likeness (QED) is 0.834. The molecule has 1 saturated carbocycles. The molecule has 1 aliphatic carbocycles. The van der Waals surface area contributed by atoms with Crippen molar-refractivity contribution in [1.29, 1.82) is 0 Å². The first-order valence-corrected chi connectivity index (χ1v) is 7.50. The Morgan fingerprint density at radius 2 is 2.30 bits per heavy atom. The van der Waals surface area contributed by atoms with Crippen LogP contribution in [0.1, 0.15) is 42.1 Å². The number of halogens is 2. The van der Waals surface area contributed by atoms with Gasteiger partial charge in [0.1, 0.15) is 5.15 Å². The first-order valence-electron chi connectivity index (χ1n) is 7.12. The smallest absolute Gasteiger partial charge is 0.255 e. The first-order chi connectivity index (χ1) is 9.65. The third-order valence-electron chi connectivity index (χ3n) is 4.17. The Kier molecular flexibility index (Phi) is 3.59. The minimum absolute atomic E-state index is 0.0803. The van der Waals surface area contributed by atoms with Gasteiger partial charge in [-0.15, -0.1) is 0 Å². The Hall–Kier alpha value is -1.29. The zero-order chi connectivity index (χ0) is 14.3. The van der Waals surface area contributed by atoms with Gasteiger partial charge in [-0.25, -0.2) is 4.39 Å². The molecule has 20 heavy (non-hydrogen) atoms. The molecule has 0 aromatic carbocycles. The molecule has 0 atom stereocenters. The maximum absolute atomic E-state index is 12.7. The van der Waals surface area contributed by atoms with Crippen LogP contribution < -0.4 is 0 Å². The fourth-order valence-corrected chi connectivity index (χ4v) is 3.08. The van der Waals surface area contributed by atoms with Crippen molar-refractivity contribution in [2.45, 2.75) is 45.2 Å².